The lowest BCUT2D eigenvalue weighted by molar-refractivity contribution is -0.857. The van der Waals surface area contributed by atoms with Crippen LogP contribution >= 0.6 is 22.7 Å². The second kappa shape index (κ2) is 8.43. The summed E-state index contributed by atoms with van der Waals surface area (Å²) in [6.07, 6.45) is 0. The van der Waals surface area contributed by atoms with Crippen molar-refractivity contribution in [2.24, 2.45) is 0 Å². The zero-order chi connectivity index (χ0) is 15.9. The smallest absolute Gasteiger partial charge is 0.338 e. The molecule has 6 heteroatoms. The maximum atomic E-state index is 11.6. The van der Waals surface area contributed by atoms with E-state index in [0.717, 1.165) is 26.2 Å². The monoisotopic (exact) mass is 339 g/mol. The van der Waals surface area contributed by atoms with E-state index in [9.17, 15) is 4.79 Å². The molecule has 2 heterocycles. The van der Waals surface area contributed by atoms with E-state index in [4.69, 9.17) is 4.74 Å². The molecular formula is C16H23N2O2S2+. The van der Waals surface area contributed by atoms with Crippen LogP contribution in [0.1, 0.15) is 20.8 Å². The van der Waals surface area contributed by atoms with Crippen LogP contribution in [0.25, 0.3) is 0 Å². The molecule has 0 unspecified atom stereocenters. The molecule has 0 amide bonds. The van der Waals surface area contributed by atoms with Crippen LogP contribution in [-0.4, -0.2) is 45.2 Å². The zero-order valence-electron chi connectivity index (χ0n) is 13.3. The quantitative estimate of drug-likeness (QED) is 0.744. The highest BCUT2D eigenvalue weighted by atomic mass is 32.1. The molecule has 0 radical (unpaired) electrons. The van der Waals surface area contributed by atoms with Crippen molar-refractivity contribution in [2.75, 3.05) is 34.3 Å². The highest BCUT2D eigenvalue weighted by molar-refractivity contribution is 7.10. The summed E-state index contributed by atoms with van der Waals surface area (Å²) in [4.78, 5) is 16.6. The van der Waals surface area contributed by atoms with Gasteiger partial charge < -0.3 is 9.64 Å². The first-order valence-corrected chi connectivity index (χ1v) is 9.09. The third-order valence-electron chi connectivity index (χ3n) is 3.37. The Bertz CT molecular complexity index is 579. The largest absolute Gasteiger partial charge is 0.465 e. The number of hydrogen-bond acceptors (Lipinski definition) is 5. The molecule has 0 fully saturated rings. The maximum absolute atomic E-state index is 11.6. The van der Waals surface area contributed by atoms with Crippen LogP contribution in [0.15, 0.2) is 28.3 Å². The second-order valence-corrected chi connectivity index (χ2v) is 7.37. The van der Waals surface area contributed by atoms with Gasteiger partial charge >= 0.3 is 5.97 Å². The second-order valence-electron chi connectivity index (χ2n) is 5.59. The van der Waals surface area contributed by atoms with Crippen LogP contribution in [0.3, 0.4) is 0 Å². The van der Waals surface area contributed by atoms with Crippen molar-refractivity contribution in [3.8, 4) is 0 Å². The van der Waals surface area contributed by atoms with Gasteiger partial charge in [0.25, 0.3) is 0 Å². The van der Waals surface area contributed by atoms with Gasteiger partial charge in [0.05, 0.1) is 33.3 Å². The SMILES string of the molecule is COC(=O)c1csc(CN(CC[NH+](C)C)Cc2ccsc2)c1. The number of methoxy groups -OCH3 is 1. The van der Waals surface area contributed by atoms with Crippen molar-refractivity contribution in [3.63, 3.8) is 0 Å². The average molecular weight is 340 g/mol. The van der Waals surface area contributed by atoms with Gasteiger partial charge in [-0.2, -0.15) is 11.3 Å². The molecule has 120 valence electrons. The van der Waals surface area contributed by atoms with E-state index < -0.39 is 0 Å². The standard InChI is InChI=1S/C16H22N2O2S2/c1-17(2)5-6-18(9-13-4-7-21-11-13)10-15-8-14(12-22-15)16(19)20-3/h4,7-8,11-12H,5-6,9-10H2,1-3H3/p+1. The molecule has 0 spiro atoms. The maximum Gasteiger partial charge on any atom is 0.338 e. The predicted octanol–water partition coefficient (Wildman–Crippen LogP) is 1.74. The third-order valence-corrected chi connectivity index (χ3v) is 5.02. The molecule has 0 bridgehead atoms. The van der Waals surface area contributed by atoms with Crippen molar-refractivity contribution >= 4 is 28.6 Å². The van der Waals surface area contributed by atoms with Crippen molar-refractivity contribution < 1.29 is 14.4 Å². The van der Waals surface area contributed by atoms with Crippen LogP contribution in [0.5, 0.6) is 0 Å². The fraction of sp³-hybridized carbons (Fsp3) is 0.438. The summed E-state index contributed by atoms with van der Waals surface area (Å²) in [5.41, 5.74) is 2.00. The minimum atomic E-state index is -0.260. The van der Waals surface area contributed by atoms with E-state index in [1.165, 1.54) is 22.5 Å². The summed E-state index contributed by atoms with van der Waals surface area (Å²) >= 11 is 3.35. The molecule has 2 aromatic heterocycles. The Balaban J connectivity index is 2.01. The predicted molar refractivity (Wildman–Crippen MR) is 91.8 cm³/mol. The van der Waals surface area contributed by atoms with E-state index in [-0.39, 0.29) is 5.97 Å². The first-order chi connectivity index (χ1) is 10.6. The van der Waals surface area contributed by atoms with Gasteiger partial charge in [-0.05, 0) is 28.5 Å². The molecule has 0 saturated heterocycles. The number of nitrogens with one attached hydrogen (secondary N) is 1. The lowest BCUT2D eigenvalue weighted by Gasteiger charge is -2.21. The lowest BCUT2D eigenvalue weighted by Crippen LogP contribution is -3.06. The molecule has 22 heavy (non-hydrogen) atoms. The van der Waals surface area contributed by atoms with Crippen LogP contribution in [0, 0.1) is 0 Å². The number of nitrogens with zero attached hydrogens (tertiary/aromatic N) is 1. The van der Waals surface area contributed by atoms with Crippen molar-refractivity contribution in [1.29, 1.82) is 0 Å². The van der Waals surface area contributed by atoms with Gasteiger partial charge in [0.2, 0.25) is 0 Å². The summed E-state index contributed by atoms with van der Waals surface area (Å²) in [5.74, 6) is -0.260. The molecule has 0 atom stereocenters. The molecule has 0 aliphatic carbocycles. The van der Waals surface area contributed by atoms with Gasteiger partial charge in [0, 0.05) is 29.9 Å². The number of carbonyl (C=O) groups is 1. The molecule has 0 aromatic carbocycles. The molecule has 2 rings (SSSR count). The number of hydrogen-bond donors (Lipinski definition) is 1. The summed E-state index contributed by atoms with van der Waals surface area (Å²) < 4.78 is 4.77. The Labute approximate surface area is 139 Å². The minimum Gasteiger partial charge on any atom is -0.465 e. The van der Waals surface area contributed by atoms with Crippen LogP contribution in [-0.2, 0) is 17.8 Å². The normalized spacial score (nSPS) is 11.3. The van der Waals surface area contributed by atoms with E-state index in [2.05, 4.69) is 35.8 Å². The molecule has 1 N–H and O–H groups in total. The zero-order valence-corrected chi connectivity index (χ0v) is 14.9. The minimum absolute atomic E-state index is 0.260. The van der Waals surface area contributed by atoms with E-state index in [1.807, 2.05) is 11.4 Å². The van der Waals surface area contributed by atoms with Crippen LogP contribution in [0.2, 0.25) is 0 Å². The van der Waals surface area contributed by atoms with Crippen molar-refractivity contribution in [3.05, 3.63) is 44.3 Å². The Morgan fingerprint density at radius 1 is 1.32 bits per heavy atom. The highest BCUT2D eigenvalue weighted by Gasteiger charge is 2.13. The summed E-state index contributed by atoms with van der Waals surface area (Å²) in [7, 11) is 5.76. The van der Waals surface area contributed by atoms with E-state index in [0.29, 0.717) is 5.56 Å². The highest BCUT2D eigenvalue weighted by Crippen LogP contribution is 2.19. The number of rotatable bonds is 8. The van der Waals surface area contributed by atoms with Gasteiger partial charge in [0.15, 0.2) is 0 Å². The third kappa shape index (κ3) is 5.21. The first-order valence-electron chi connectivity index (χ1n) is 7.26. The van der Waals surface area contributed by atoms with Crippen LogP contribution < -0.4 is 4.90 Å². The molecule has 4 nitrogen and oxygen atoms in total. The topological polar surface area (TPSA) is 34.0 Å². The Kier molecular flexibility index (Phi) is 6.57. The van der Waals surface area contributed by atoms with Crippen molar-refractivity contribution in [1.82, 2.24) is 4.90 Å². The van der Waals surface area contributed by atoms with Crippen molar-refractivity contribution in [2.45, 2.75) is 13.1 Å². The van der Waals surface area contributed by atoms with E-state index >= 15 is 0 Å². The number of thiophene rings is 2. The van der Waals surface area contributed by atoms with Gasteiger partial charge in [-0.3, -0.25) is 4.90 Å². The molecule has 2 aromatic rings. The number of ether oxygens (including phenoxy) is 1. The fourth-order valence-corrected chi connectivity index (χ4v) is 3.70. The summed E-state index contributed by atoms with van der Waals surface area (Å²) in [6, 6.07) is 4.12. The molecular weight excluding hydrogens is 316 g/mol. The summed E-state index contributed by atoms with van der Waals surface area (Å²) in [5, 5.41) is 6.19. The Hall–Kier alpha value is -1.21. The molecule has 0 aliphatic heterocycles. The number of esters is 1. The average Bonchev–Trinajstić information content (AvgIpc) is 3.15. The summed E-state index contributed by atoms with van der Waals surface area (Å²) in [6.45, 7) is 3.94. The lowest BCUT2D eigenvalue weighted by atomic mass is 10.2. The number of likely N-dealkylation sites (N-methyl/N-ethyl adjacent to an activating group) is 1. The number of quaternary nitrogens is 1. The van der Waals surface area contributed by atoms with Gasteiger partial charge in [-0.15, -0.1) is 11.3 Å². The number of carbonyl (C=O) groups excluding carboxylic acids is 1. The Morgan fingerprint density at radius 3 is 2.77 bits per heavy atom. The van der Waals surface area contributed by atoms with Gasteiger partial charge in [0.1, 0.15) is 0 Å². The Morgan fingerprint density at radius 2 is 2.14 bits per heavy atom. The van der Waals surface area contributed by atoms with Gasteiger partial charge in [-0.1, -0.05) is 0 Å². The first kappa shape index (κ1) is 17.1. The van der Waals surface area contributed by atoms with Gasteiger partial charge in [-0.25, -0.2) is 4.79 Å². The fourth-order valence-electron chi connectivity index (χ4n) is 2.15. The molecule has 0 saturated carbocycles. The van der Waals surface area contributed by atoms with E-state index in [1.54, 1.807) is 22.7 Å². The van der Waals surface area contributed by atoms with Crippen LogP contribution in [0.4, 0.5) is 0 Å². The molecule has 0 aliphatic rings.